The molecule has 0 saturated heterocycles. The van der Waals surface area contributed by atoms with E-state index < -0.39 is 0 Å². The van der Waals surface area contributed by atoms with Crippen molar-refractivity contribution in [3.05, 3.63) is 76.4 Å². The van der Waals surface area contributed by atoms with Gasteiger partial charge in [0.05, 0.1) is 6.04 Å². The highest BCUT2D eigenvalue weighted by molar-refractivity contribution is 5.92. The molecule has 23 heavy (non-hydrogen) atoms. The summed E-state index contributed by atoms with van der Waals surface area (Å²) in [5, 5.41) is 3.09. The third-order valence-corrected chi connectivity index (χ3v) is 4.16. The molecule has 120 valence electrons. The van der Waals surface area contributed by atoms with Crippen molar-refractivity contribution in [3.63, 3.8) is 0 Å². The van der Waals surface area contributed by atoms with Crippen molar-refractivity contribution in [2.75, 3.05) is 0 Å². The molecule has 0 radical (unpaired) electrons. The lowest BCUT2D eigenvalue weighted by Gasteiger charge is -2.17. The average molecular weight is 307 g/mol. The van der Waals surface area contributed by atoms with Gasteiger partial charge < -0.3 is 5.32 Å². The molecule has 0 bridgehead atoms. The van der Waals surface area contributed by atoms with Crippen LogP contribution in [0.25, 0.3) is 6.08 Å². The summed E-state index contributed by atoms with van der Waals surface area (Å²) in [6.45, 7) is 8.34. The minimum Gasteiger partial charge on any atom is -0.346 e. The SMILES string of the molecule is CCC(NC(=O)/C=C/c1ccc(C)cc1)c1ccc(C)c(C)c1. The van der Waals surface area contributed by atoms with E-state index in [1.165, 1.54) is 16.7 Å². The molecule has 0 saturated carbocycles. The number of hydrogen-bond donors (Lipinski definition) is 1. The van der Waals surface area contributed by atoms with Crippen LogP contribution in [0.1, 0.15) is 47.2 Å². The zero-order valence-corrected chi connectivity index (χ0v) is 14.4. The van der Waals surface area contributed by atoms with E-state index in [9.17, 15) is 4.79 Å². The van der Waals surface area contributed by atoms with E-state index in [2.05, 4.69) is 51.2 Å². The summed E-state index contributed by atoms with van der Waals surface area (Å²) in [5.41, 5.74) is 5.93. The predicted molar refractivity (Wildman–Crippen MR) is 97.3 cm³/mol. The van der Waals surface area contributed by atoms with Crippen LogP contribution in [-0.4, -0.2) is 5.91 Å². The molecule has 0 spiro atoms. The zero-order chi connectivity index (χ0) is 16.8. The molecule has 0 aliphatic carbocycles. The molecule has 2 aromatic carbocycles. The van der Waals surface area contributed by atoms with Crippen molar-refractivity contribution in [2.24, 2.45) is 0 Å². The Bertz CT molecular complexity index is 698. The summed E-state index contributed by atoms with van der Waals surface area (Å²) in [5.74, 6) is -0.0596. The smallest absolute Gasteiger partial charge is 0.244 e. The van der Waals surface area contributed by atoms with Gasteiger partial charge in [0.25, 0.3) is 0 Å². The maximum Gasteiger partial charge on any atom is 0.244 e. The minimum atomic E-state index is -0.0596. The van der Waals surface area contributed by atoms with Gasteiger partial charge >= 0.3 is 0 Å². The van der Waals surface area contributed by atoms with E-state index >= 15 is 0 Å². The summed E-state index contributed by atoms with van der Waals surface area (Å²) in [6.07, 6.45) is 4.32. The first-order valence-electron chi connectivity index (χ1n) is 8.12. The molecule has 0 fully saturated rings. The van der Waals surface area contributed by atoms with Gasteiger partial charge in [-0.15, -0.1) is 0 Å². The van der Waals surface area contributed by atoms with E-state index in [0.717, 1.165) is 17.5 Å². The van der Waals surface area contributed by atoms with Gasteiger partial charge in [0.15, 0.2) is 0 Å². The number of carbonyl (C=O) groups is 1. The number of rotatable bonds is 5. The monoisotopic (exact) mass is 307 g/mol. The van der Waals surface area contributed by atoms with Gasteiger partial charge in [-0.3, -0.25) is 4.79 Å². The van der Waals surface area contributed by atoms with Crippen LogP contribution in [-0.2, 0) is 4.79 Å². The third-order valence-electron chi connectivity index (χ3n) is 4.16. The highest BCUT2D eigenvalue weighted by atomic mass is 16.1. The highest BCUT2D eigenvalue weighted by Crippen LogP contribution is 2.19. The fraction of sp³-hybridized carbons (Fsp3) is 0.286. The van der Waals surface area contributed by atoms with Gasteiger partial charge in [0.2, 0.25) is 5.91 Å². The summed E-state index contributed by atoms with van der Waals surface area (Å²) in [4.78, 5) is 12.2. The van der Waals surface area contributed by atoms with Crippen LogP contribution in [0, 0.1) is 20.8 Å². The standard InChI is InChI=1S/C21H25NO/c1-5-20(19-12-8-16(3)17(4)14-19)22-21(23)13-11-18-9-6-15(2)7-10-18/h6-14,20H,5H2,1-4H3,(H,22,23)/b13-11+. The molecule has 0 heterocycles. The molecule has 1 unspecified atom stereocenters. The second-order valence-corrected chi connectivity index (χ2v) is 6.06. The van der Waals surface area contributed by atoms with E-state index in [1.54, 1.807) is 6.08 Å². The van der Waals surface area contributed by atoms with Gasteiger partial charge in [-0.05, 0) is 55.5 Å². The van der Waals surface area contributed by atoms with Crippen LogP contribution < -0.4 is 5.32 Å². The fourth-order valence-electron chi connectivity index (χ4n) is 2.47. The molecule has 1 N–H and O–H groups in total. The Labute approximate surface area is 139 Å². The number of benzene rings is 2. The lowest BCUT2D eigenvalue weighted by atomic mass is 9.99. The largest absolute Gasteiger partial charge is 0.346 e. The molecular formula is C21H25NO. The lowest BCUT2D eigenvalue weighted by molar-refractivity contribution is -0.117. The van der Waals surface area contributed by atoms with Crippen molar-refractivity contribution in [3.8, 4) is 0 Å². The van der Waals surface area contributed by atoms with Crippen LogP contribution in [0.4, 0.5) is 0 Å². The first kappa shape index (κ1) is 17.0. The van der Waals surface area contributed by atoms with E-state index in [0.29, 0.717) is 0 Å². The number of carbonyl (C=O) groups excluding carboxylic acids is 1. The first-order valence-corrected chi connectivity index (χ1v) is 8.12. The van der Waals surface area contributed by atoms with Crippen molar-refractivity contribution >= 4 is 12.0 Å². The van der Waals surface area contributed by atoms with Crippen molar-refractivity contribution in [2.45, 2.75) is 40.2 Å². The number of aryl methyl sites for hydroxylation is 3. The number of amides is 1. The summed E-state index contributed by atoms with van der Waals surface area (Å²) < 4.78 is 0. The highest BCUT2D eigenvalue weighted by Gasteiger charge is 2.11. The van der Waals surface area contributed by atoms with E-state index in [4.69, 9.17) is 0 Å². The molecule has 2 nitrogen and oxygen atoms in total. The maximum absolute atomic E-state index is 12.2. The Kier molecular flexibility index (Phi) is 5.75. The molecule has 0 aliphatic heterocycles. The Morgan fingerprint density at radius 1 is 1.04 bits per heavy atom. The third kappa shape index (κ3) is 4.82. The number of nitrogens with one attached hydrogen (secondary N) is 1. The van der Waals surface area contributed by atoms with Crippen LogP contribution in [0.15, 0.2) is 48.5 Å². The normalized spacial score (nSPS) is 12.3. The van der Waals surface area contributed by atoms with E-state index in [-0.39, 0.29) is 11.9 Å². The second-order valence-electron chi connectivity index (χ2n) is 6.06. The predicted octanol–water partition coefficient (Wildman–Crippen LogP) is 4.89. The van der Waals surface area contributed by atoms with Crippen molar-refractivity contribution < 1.29 is 4.79 Å². The van der Waals surface area contributed by atoms with Gasteiger partial charge in [0, 0.05) is 6.08 Å². The lowest BCUT2D eigenvalue weighted by Crippen LogP contribution is -2.26. The number of hydrogen-bond acceptors (Lipinski definition) is 1. The van der Waals surface area contributed by atoms with E-state index in [1.807, 2.05) is 30.3 Å². The van der Waals surface area contributed by atoms with Crippen LogP contribution >= 0.6 is 0 Å². The molecule has 2 aromatic rings. The Balaban J connectivity index is 2.04. The summed E-state index contributed by atoms with van der Waals surface area (Å²) in [6, 6.07) is 14.5. The van der Waals surface area contributed by atoms with Crippen LogP contribution in [0.2, 0.25) is 0 Å². The van der Waals surface area contributed by atoms with Gasteiger partial charge in [0.1, 0.15) is 0 Å². The average Bonchev–Trinajstić information content (AvgIpc) is 2.55. The Hall–Kier alpha value is -2.35. The molecule has 0 aromatic heterocycles. The zero-order valence-electron chi connectivity index (χ0n) is 14.4. The van der Waals surface area contributed by atoms with Gasteiger partial charge in [-0.25, -0.2) is 0 Å². The topological polar surface area (TPSA) is 29.1 Å². The molecule has 2 rings (SSSR count). The Morgan fingerprint density at radius 3 is 2.35 bits per heavy atom. The molecule has 1 atom stereocenters. The molecule has 2 heteroatoms. The van der Waals surface area contributed by atoms with Crippen molar-refractivity contribution in [1.82, 2.24) is 5.32 Å². The molecular weight excluding hydrogens is 282 g/mol. The summed E-state index contributed by atoms with van der Waals surface area (Å²) >= 11 is 0. The summed E-state index contributed by atoms with van der Waals surface area (Å²) in [7, 11) is 0. The minimum absolute atomic E-state index is 0.0458. The van der Waals surface area contributed by atoms with Crippen LogP contribution in [0.3, 0.4) is 0 Å². The van der Waals surface area contributed by atoms with Gasteiger partial charge in [-0.1, -0.05) is 55.0 Å². The first-order chi connectivity index (χ1) is 11.0. The fourth-order valence-corrected chi connectivity index (χ4v) is 2.47. The van der Waals surface area contributed by atoms with Gasteiger partial charge in [-0.2, -0.15) is 0 Å². The van der Waals surface area contributed by atoms with Crippen LogP contribution in [0.5, 0.6) is 0 Å². The molecule has 1 amide bonds. The quantitative estimate of drug-likeness (QED) is 0.783. The second kappa shape index (κ2) is 7.77. The Morgan fingerprint density at radius 2 is 1.74 bits per heavy atom. The maximum atomic E-state index is 12.2. The van der Waals surface area contributed by atoms with Crippen molar-refractivity contribution in [1.29, 1.82) is 0 Å². The molecule has 0 aliphatic rings.